The third-order valence-electron chi connectivity index (χ3n) is 2.36. The number of halogens is 1. The summed E-state index contributed by atoms with van der Waals surface area (Å²) in [6.45, 7) is 3.48. The van der Waals surface area contributed by atoms with E-state index in [-0.39, 0.29) is 0 Å². The van der Waals surface area contributed by atoms with Crippen LogP contribution >= 0.6 is 34.8 Å². The molecule has 90 valence electrons. The third kappa shape index (κ3) is 4.58. The summed E-state index contributed by atoms with van der Waals surface area (Å²) in [5, 5.41) is 10.8. The summed E-state index contributed by atoms with van der Waals surface area (Å²) in [4.78, 5) is 5.15. The molecule has 0 N–H and O–H groups in total. The second-order valence-electron chi connectivity index (χ2n) is 3.39. The Bertz CT molecular complexity index is 431. The van der Waals surface area contributed by atoms with Crippen LogP contribution in [0.25, 0.3) is 0 Å². The Morgan fingerprint density at radius 3 is 2.94 bits per heavy atom. The highest BCUT2D eigenvalue weighted by molar-refractivity contribution is 14.1. The van der Waals surface area contributed by atoms with Crippen LogP contribution in [-0.4, -0.2) is 23.7 Å². The zero-order chi connectivity index (χ0) is 12.7. The lowest BCUT2D eigenvalue weighted by atomic mass is 10.1. The van der Waals surface area contributed by atoms with Gasteiger partial charge in [0.1, 0.15) is 0 Å². The molecule has 0 atom stereocenters. The van der Waals surface area contributed by atoms with E-state index in [4.69, 9.17) is 10.1 Å². The van der Waals surface area contributed by atoms with Crippen molar-refractivity contribution in [2.45, 2.75) is 13.3 Å². The van der Waals surface area contributed by atoms with Crippen LogP contribution in [0, 0.1) is 14.9 Å². The third-order valence-corrected chi connectivity index (χ3v) is 3.12. The minimum Gasteiger partial charge on any atom is -0.402 e. The highest BCUT2D eigenvalue weighted by Gasteiger charge is 2.06. The van der Waals surface area contributed by atoms with Gasteiger partial charge in [-0.15, -0.1) is 5.06 Å². The molecule has 0 aliphatic carbocycles. The van der Waals surface area contributed by atoms with Gasteiger partial charge in [-0.3, -0.25) is 0 Å². The average Bonchev–Trinajstić information content (AvgIpc) is 2.34. The molecule has 3 nitrogen and oxygen atoms in total. The molecule has 0 aromatic heterocycles. The van der Waals surface area contributed by atoms with Gasteiger partial charge >= 0.3 is 0 Å². The molecule has 1 aromatic rings. The van der Waals surface area contributed by atoms with Gasteiger partial charge in [0.05, 0.1) is 11.6 Å². The van der Waals surface area contributed by atoms with E-state index >= 15 is 0 Å². The molecule has 1 aromatic carbocycles. The highest BCUT2D eigenvalue weighted by atomic mass is 127. The van der Waals surface area contributed by atoms with Crippen LogP contribution in [0.4, 0.5) is 0 Å². The Labute approximate surface area is 120 Å². The van der Waals surface area contributed by atoms with Gasteiger partial charge in [0.2, 0.25) is 0 Å². The standard InChI is InChI=1S/C12H13IN2OS/c1-2-15(16-9-17)6-5-10-7-12(13)4-3-11(10)8-14/h3-4,7,9H,2,5-6H2,1H3. The number of hydrogen-bond donors (Lipinski definition) is 0. The number of nitriles is 1. The number of benzene rings is 1. The van der Waals surface area contributed by atoms with Crippen LogP contribution in [0.3, 0.4) is 0 Å². The van der Waals surface area contributed by atoms with E-state index < -0.39 is 0 Å². The number of hydroxylamine groups is 2. The topological polar surface area (TPSA) is 36.3 Å². The fourth-order valence-corrected chi connectivity index (χ4v) is 2.15. The minimum absolute atomic E-state index is 0.721. The molecular formula is C12H13IN2OS. The molecular weight excluding hydrogens is 347 g/mol. The van der Waals surface area contributed by atoms with Crippen LogP contribution in [-0.2, 0) is 11.3 Å². The summed E-state index contributed by atoms with van der Waals surface area (Å²) >= 11 is 6.90. The summed E-state index contributed by atoms with van der Waals surface area (Å²) < 4.78 is 1.13. The van der Waals surface area contributed by atoms with Crippen LogP contribution in [0.2, 0.25) is 0 Å². The first-order valence-electron chi connectivity index (χ1n) is 5.25. The van der Waals surface area contributed by atoms with Crippen molar-refractivity contribution in [2.75, 3.05) is 13.1 Å². The van der Waals surface area contributed by atoms with Crippen molar-refractivity contribution in [1.29, 1.82) is 5.26 Å². The van der Waals surface area contributed by atoms with Gasteiger partial charge in [0.15, 0.2) is 5.55 Å². The summed E-state index contributed by atoms with van der Waals surface area (Å²) in [5.41, 5.74) is 3.03. The lowest BCUT2D eigenvalue weighted by Crippen LogP contribution is -2.25. The maximum absolute atomic E-state index is 9.01. The molecule has 1 rings (SSSR count). The number of rotatable bonds is 6. The Morgan fingerprint density at radius 1 is 1.59 bits per heavy atom. The molecule has 0 unspecified atom stereocenters. The van der Waals surface area contributed by atoms with Gasteiger partial charge in [-0.1, -0.05) is 0 Å². The first-order chi connectivity index (χ1) is 8.21. The van der Waals surface area contributed by atoms with Gasteiger partial charge in [-0.25, -0.2) is 0 Å². The van der Waals surface area contributed by atoms with Crippen molar-refractivity contribution >= 4 is 40.4 Å². The van der Waals surface area contributed by atoms with Crippen molar-refractivity contribution in [1.82, 2.24) is 5.06 Å². The van der Waals surface area contributed by atoms with Gasteiger partial charge < -0.3 is 4.84 Å². The fraction of sp³-hybridized carbons (Fsp3) is 0.333. The van der Waals surface area contributed by atoms with Gasteiger partial charge in [-0.2, -0.15) is 5.26 Å². The monoisotopic (exact) mass is 360 g/mol. The van der Waals surface area contributed by atoms with E-state index in [9.17, 15) is 0 Å². The number of hydrogen-bond acceptors (Lipinski definition) is 4. The van der Waals surface area contributed by atoms with Crippen LogP contribution in [0.1, 0.15) is 18.1 Å². The van der Waals surface area contributed by atoms with E-state index in [1.54, 1.807) is 5.06 Å². The first kappa shape index (κ1) is 14.4. The quantitative estimate of drug-likeness (QED) is 0.444. The fourth-order valence-electron chi connectivity index (χ4n) is 1.47. The van der Waals surface area contributed by atoms with E-state index in [0.29, 0.717) is 0 Å². The summed E-state index contributed by atoms with van der Waals surface area (Å²) in [5.74, 6) is 0. The van der Waals surface area contributed by atoms with Crippen LogP contribution in [0.15, 0.2) is 18.2 Å². The smallest absolute Gasteiger partial charge is 0.174 e. The zero-order valence-electron chi connectivity index (χ0n) is 9.52. The SMILES string of the molecule is CCN(CCc1cc(I)ccc1C#N)OC=S. The van der Waals surface area contributed by atoms with Crippen LogP contribution < -0.4 is 0 Å². The number of nitrogens with zero attached hydrogens (tertiary/aromatic N) is 2. The van der Waals surface area contributed by atoms with E-state index in [1.807, 2.05) is 25.1 Å². The summed E-state index contributed by atoms with van der Waals surface area (Å²) in [6.07, 6.45) is 0.775. The molecule has 0 heterocycles. The normalized spacial score (nSPS) is 10.0. The Morgan fingerprint density at radius 2 is 2.35 bits per heavy atom. The van der Waals surface area contributed by atoms with Crippen molar-refractivity contribution in [3.05, 3.63) is 32.9 Å². The predicted octanol–water partition coefficient (Wildman–Crippen LogP) is 2.92. The second kappa shape index (κ2) is 7.58. The van der Waals surface area contributed by atoms with Crippen molar-refractivity contribution in [2.24, 2.45) is 0 Å². The van der Waals surface area contributed by atoms with E-state index in [1.165, 1.54) is 5.55 Å². The molecule has 0 amide bonds. The van der Waals surface area contributed by atoms with Crippen LogP contribution in [0.5, 0.6) is 0 Å². The van der Waals surface area contributed by atoms with Crippen molar-refractivity contribution < 1.29 is 4.84 Å². The first-order valence-corrected chi connectivity index (χ1v) is 6.80. The summed E-state index contributed by atoms with van der Waals surface area (Å²) in [7, 11) is 0. The molecule has 0 saturated heterocycles. The molecule has 17 heavy (non-hydrogen) atoms. The number of thiocarbonyl (C=S) groups is 1. The molecule has 0 aliphatic rings. The molecule has 0 aliphatic heterocycles. The Kier molecular flexibility index (Phi) is 6.40. The van der Waals surface area contributed by atoms with E-state index in [2.05, 4.69) is 40.9 Å². The Balaban J connectivity index is 2.71. The molecule has 0 spiro atoms. The van der Waals surface area contributed by atoms with E-state index in [0.717, 1.165) is 34.2 Å². The second-order valence-corrected chi connectivity index (χ2v) is 4.82. The lowest BCUT2D eigenvalue weighted by Gasteiger charge is -2.17. The van der Waals surface area contributed by atoms with Gasteiger partial charge in [-0.05, 0) is 71.9 Å². The maximum Gasteiger partial charge on any atom is 0.174 e. The zero-order valence-corrected chi connectivity index (χ0v) is 12.5. The molecule has 0 radical (unpaired) electrons. The number of likely N-dealkylation sites (N-methyl/N-ethyl adjacent to an activating group) is 1. The van der Waals surface area contributed by atoms with Gasteiger partial charge in [0.25, 0.3) is 0 Å². The maximum atomic E-state index is 9.01. The molecule has 0 bridgehead atoms. The molecule has 0 saturated carbocycles. The highest BCUT2D eigenvalue weighted by Crippen LogP contribution is 2.14. The Hall–Kier alpha value is -0.710. The average molecular weight is 360 g/mol. The predicted molar refractivity (Wildman–Crippen MR) is 79.6 cm³/mol. The van der Waals surface area contributed by atoms with Crippen molar-refractivity contribution in [3.8, 4) is 6.07 Å². The largest absolute Gasteiger partial charge is 0.402 e. The lowest BCUT2D eigenvalue weighted by molar-refractivity contribution is -0.0572. The molecule has 5 heteroatoms. The summed E-state index contributed by atoms with van der Waals surface area (Å²) in [6, 6.07) is 8.03. The van der Waals surface area contributed by atoms with Gasteiger partial charge in [0, 0.05) is 16.7 Å². The minimum atomic E-state index is 0.721. The van der Waals surface area contributed by atoms with Crippen molar-refractivity contribution in [3.63, 3.8) is 0 Å². The molecule has 0 fully saturated rings.